The minimum Gasteiger partial charge on any atom is -0.464 e. The molecule has 0 spiro atoms. The van der Waals surface area contributed by atoms with E-state index in [0.29, 0.717) is 18.5 Å². The van der Waals surface area contributed by atoms with E-state index in [1.165, 1.54) is 18.4 Å². The van der Waals surface area contributed by atoms with Gasteiger partial charge >= 0.3 is 6.18 Å². The third-order valence-electron chi connectivity index (χ3n) is 3.07. The first-order chi connectivity index (χ1) is 8.43. The topological polar surface area (TPSA) is 39.2 Å². The van der Waals surface area contributed by atoms with E-state index < -0.39 is 11.7 Å². The zero-order valence-corrected chi connectivity index (χ0v) is 9.92. The lowest BCUT2D eigenvalue weighted by Crippen LogP contribution is -2.09. The molecule has 1 aromatic heterocycles. The minimum atomic E-state index is -4.37. The van der Waals surface area contributed by atoms with Crippen LogP contribution in [0.2, 0.25) is 0 Å². The van der Waals surface area contributed by atoms with Crippen molar-refractivity contribution >= 4 is 11.0 Å². The molecule has 2 nitrogen and oxygen atoms in total. The Hall–Kier alpha value is -1.49. The summed E-state index contributed by atoms with van der Waals surface area (Å²) in [5.74, 6) is -0.0226. The summed E-state index contributed by atoms with van der Waals surface area (Å²) in [4.78, 5) is 0. The Bertz CT molecular complexity index is 545. The molecule has 0 aliphatic rings. The first-order valence-corrected chi connectivity index (χ1v) is 5.72. The maximum absolute atomic E-state index is 13.0. The van der Waals surface area contributed by atoms with Gasteiger partial charge in [-0.15, -0.1) is 0 Å². The van der Waals surface area contributed by atoms with E-state index in [1.807, 2.05) is 6.92 Å². The van der Waals surface area contributed by atoms with Crippen LogP contribution in [0.1, 0.15) is 30.4 Å². The van der Waals surface area contributed by atoms with E-state index in [4.69, 9.17) is 10.2 Å². The van der Waals surface area contributed by atoms with Gasteiger partial charge in [0, 0.05) is 5.39 Å². The van der Waals surface area contributed by atoms with Gasteiger partial charge in [0.15, 0.2) is 0 Å². The normalized spacial score (nSPS) is 14.1. The largest absolute Gasteiger partial charge is 0.464 e. The van der Waals surface area contributed by atoms with E-state index in [0.717, 1.165) is 0 Å². The lowest BCUT2D eigenvalue weighted by Gasteiger charge is -2.14. The van der Waals surface area contributed by atoms with Crippen molar-refractivity contribution < 1.29 is 17.6 Å². The second-order valence-corrected chi connectivity index (χ2v) is 4.38. The highest BCUT2D eigenvalue weighted by atomic mass is 19.4. The molecule has 5 heteroatoms. The van der Waals surface area contributed by atoms with Crippen molar-refractivity contribution in [1.29, 1.82) is 0 Å². The standard InChI is InChI=1S/C13H14F3NO/c1-8(2-4-17)9-6-11(13(14,15)16)10-3-5-18-12(10)7-9/h3,5-8H,2,4,17H2,1H3. The average molecular weight is 257 g/mol. The van der Waals surface area contributed by atoms with Gasteiger partial charge in [0.25, 0.3) is 0 Å². The number of benzene rings is 1. The van der Waals surface area contributed by atoms with Crippen LogP contribution in [-0.4, -0.2) is 6.54 Å². The van der Waals surface area contributed by atoms with Gasteiger partial charge in [-0.2, -0.15) is 13.2 Å². The van der Waals surface area contributed by atoms with Crippen LogP contribution < -0.4 is 5.73 Å². The van der Waals surface area contributed by atoms with Gasteiger partial charge in [0.1, 0.15) is 5.58 Å². The van der Waals surface area contributed by atoms with Crippen LogP contribution in [0.4, 0.5) is 13.2 Å². The van der Waals surface area contributed by atoms with Crippen molar-refractivity contribution in [2.24, 2.45) is 5.73 Å². The molecule has 2 aromatic rings. The third-order valence-corrected chi connectivity index (χ3v) is 3.07. The number of alkyl halides is 3. The Morgan fingerprint density at radius 1 is 1.33 bits per heavy atom. The molecule has 0 saturated carbocycles. The van der Waals surface area contributed by atoms with Gasteiger partial charge in [-0.25, -0.2) is 0 Å². The van der Waals surface area contributed by atoms with Crippen LogP contribution in [0.3, 0.4) is 0 Å². The monoisotopic (exact) mass is 257 g/mol. The highest BCUT2D eigenvalue weighted by Crippen LogP contribution is 2.37. The Morgan fingerprint density at radius 2 is 2.06 bits per heavy atom. The molecule has 1 heterocycles. The Morgan fingerprint density at radius 3 is 2.67 bits per heavy atom. The maximum Gasteiger partial charge on any atom is 0.417 e. The van der Waals surface area contributed by atoms with Gasteiger partial charge in [-0.3, -0.25) is 0 Å². The third kappa shape index (κ3) is 2.36. The molecule has 0 aliphatic carbocycles. The fourth-order valence-electron chi connectivity index (χ4n) is 2.03. The van der Waals surface area contributed by atoms with Crippen LogP contribution in [0.25, 0.3) is 11.0 Å². The summed E-state index contributed by atoms with van der Waals surface area (Å²) in [7, 11) is 0. The summed E-state index contributed by atoms with van der Waals surface area (Å²) in [6, 6.07) is 4.19. The van der Waals surface area contributed by atoms with Crippen molar-refractivity contribution in [3.05, 3.63) is 35.6 Å². The molecular weight excluding hydrogens is 243 g/mol. The molecule has 0 aliphatic heterocycles. The van der Waals surface area contributed by atoms with Crippen molar-refractivity contribution in [2.45, 2.75) is 25.4 Å². The number of nitrogens with two attached hydrogens (primary N) is 1. The molecule has 98 valence electrons. The second kappa shape index (κ2) is 4.65. The van der Waals surface area contributed by atoms with Gasteiger partial charge in [-0.05, 0) is 42.6 Å². The zero-order chi connectivity index (χ0) is 13.3. The summed E-state index contributed by atoms with van der Waals surface area (Å²) >= 11 is 0. The van der Waals surface area contributed by atoms with E-state index in [1.54, 1.807) is 6.07 Å². The predicted molar refractivity (Wildman–Crippen MR) is 63.3 cm³/mol. The molecule has 2 N–H and O–H groups in total. The smallest absolute Gasteiger partial charge is 0.417 e. The summed E-state index contributed by atoms with van der Waals surface area (Å²) in [5, 5.41) is 0.103. The summed E-state index contributed by atoms with van der Waals surface area (Å²) in [6.45, 7) is 2.30. The zero-order valence-electron chi connectivity index (χ0n) is 9.92. The Balaban J connectivity index is 2.57. The molecule has 1 aromatic carbocycles. The van der Waals surface area contributed by atoms with E-state index in [2.05, 4.69) is 0 Å². The number of hydrogen-bond acceptors (Lipinski definition) is 2. The van der Waals surface area contributed by atoms with E-state index in [9.17, 15) is 13.2 Å². The molecule has 1 unspecified atom stereocenters. The van der Waals surface area contributed by atoms with Crippen molar-refractivity contribution in [1.82, 2.24) is 0 Å². The van der Waals surface area contributed by atoms with Crippen LogP contribution in [0, 0.1) is 0 Å². The number of rotatable bonds is 3. The fraction of sp³-hybridized carbons (Fsp3) is 0.385. The van der Waals surface area contributed by atoms with E-state index in [-0.39, 0.29) is 16.9 Å². The van der Waals surface area contributed by atoms with Crippen LogP contribution in [0.15, 0.2) is 28.9 Å². The molecule has 0 bridgehead atoms. The molecule has 1 atom stereocenters. The highest BCUT2D eigenvalue weighted by molar-refractivity contribution is 5.82. The predicted octanol–water partition coefficient (Wildman–Crippen LogP) is 3.90. The van der Waals surface area contributed by atoms with Crippen molar-refractivity contribution in [2.75, 3.05) is 6.54 Å². The number of furan rings is 1. The molecule has 18 heavy (non-hydrogen) atoms. The van der Waals surface area contributed by atoms with Gasteiger partial charge in [-0.1, -0.05) is 6.92 Å². The number of fused-ring (bicyclic) bond motifs is 1. The van der Waals surface area contributed by atoms with Gasteiger partial charge in [0.05, 0.1) is 11.8 Å². The van der Waals surface area contributed by atoms with Crippen LogP contribution >= 0.6 is 0 Å². The second-order valence-electron chi connectivity index (χ2n) is 4.38. The minimum absolute atomic E-state index is 0.0226. The molecular formula is C13H14F3NO. The SMILES string of the molecule is CC(CCN)c1cc(C(F)(F)F)c2ccoc2c1. The first-order valence-electron chi connectivity index (χ1n) is 5.72. The molecule has 0 amide bonds. The first kappa shape index (κ1) is 13.0. The quantitative estimate of drug-likeness (QED) is 0.905. The molecule has 0 saturated heterocycles. The van der Waals surface area contributed by atoms with Crippen LogP contribution in [0.5, 0.6) is 0 Å². The summed E-state index contributed by atoms with van der Waals surface area (Å²) < 4.78 is 44.0. The molecule has 2 rings (SSSR count). The average Bonchev–Trinajstić information content (AvgIpc) is 2.74. The van der Waals surface area contributed by atoms with Crippen molar-refractivity contribution in [3.63, 3.8) is 0 Å². The number of halogens is 3. The Kier molecular flexibility index (Phi) is 3.34. The Labute approximate surface area is 103 Å². The van der Waals surface area contributed by atoms with Gasteiger partial charge in [0.2, 0.25) is 0 Å². The van der Waals surface area contributed by atoms with Crippen LogP contribution in [-0.2, 0) is 6.18 Å². The summed E-state index contributed by atoms with van der Waals surface area (Å²) in [6.07, 6.45) is -2.46. The summed E-state index contributed by atoms with van der Waals surface area (Å²) in [5.41, 5.74) is 5.67. The molecule has 0 radical (unpaired) electrons. The highest BCUT2D eigenvalue weighted by Gasteiger charge is 2.34. The lowest BCUT2D eigenvalue weighted by atomic mass is 9.94. The lowest BCUT2D eigenvalue weighted by molar-refractivity contribution is -0.136. The van der Waals surface area contributed by atoms with Crippen molar-refractivity contribution in [3.8, 4) is 0 Å². The maximum atomic E-state index is 13.0. The molecule has 0 fully saturated rings. The fourth-order valence-corrected chi connectivity index (χ4v) is 2.03. The van der Waals surface area contributed by atoms with E-state index >= 15 is 0 Å². The number of hydrogen-bond donors (Lipinski definition) is 1. The van der Waals surface area contributed by atoms with Gasteiger partial charge < -0.3 is 10.2 Å².